The fraction of sp³-hybridized carbons (Fsp3) is 0.906. The Morgan fingerprint density at radius 3 is 2.45 bits per heavy atom. The van der Waals surface area contributed by atoms with Crippen molar-refractivity contribution in [1.29, 1.82) is 0 Å². The Balaban J connectivity index is 1.14. The Bertz CT molecular complexity index is 854. The molecule has 0 bridgehead atoms. The van der Waals surface area contributed by atoms with Gasteiger partial charge in [0.05, 0.1) is 18.8 Å². The summed E-state index contributed by atoms with van der Waals surface area (Å²) in [6, 6.07) is 0. The van der Waals surface area contributed by atoms with E-state index in [1.165, 1.54) is 44.1 Å². The molecule has 2 saturated heterocycles. The lowest BCUT2D eigenvalue weighted by atomic mass is 9.46. The van der Waals surface area contributed by atoms with E-state index in [-0.39, 0.29) is 29.3 Å². The summed E-state index contributed by atoms with van der Waals surface area (Å²) in [5.74, 6) is 1.67. The molecule has 216 valence electrons. The molecule has 0 spiro atoms. The van der Waals surface area contributed by atoms with Gasteiger partial charge in [0.25, 0.3) is 0 Å². The van der Waals surface area contributed by atoms with Crippen LogP contribution >= 0.6 is 0 Å². The van der Waals surface area contributed by atoms with Crippen LogP contribution in [0.15, 0.2) is 12.2 Å². The number of allylic oxidation sites excluding steroid dienone is 1. The number of nitrogens with zero attached hydrogens (tertiary/aromatic N) is 1. The summed E-state index contributed by atoms with van der Waals surface area (Å²) in [5.41, 5.74) is 1.26. The van der Waals surface area contributed by atoms with E-state index in [2.05, 4.69) is 20.4 Å². The van der Waals surface area contributed by atoms with Crippen LogP contribution in [-0.4, -0.2) is 61.4 Å². The second-order valence-corrected chi connectivity index (χ2v) is 14.5. The van der Waals surface area contributed by atoms with E-state index < -0.39 is 5.60 Å². The van der Waals surface area contributed by atoms with E-state index in [1.807, 2.05) is 25.7 Å². The van der Waals surface area contributed by atoms with Gasteiger partial charge in [-0.3, -0.25) is 0 Å². The van der Waals surface area contributed by atoms with Crippen molar-refractivity contribution in [3.63, 3.8) is 0 Å². The topological polar surface area (TPSA) is 57.2 Å². The molecule has 6 atom stereocenters. The van der Waals surface area contributed by atoms with Crippen molar-refractivity contribution in [2.45, 2.75) is 129 Å². The first-order valence-electron chi connectivity index (χ1n) is 15.5. The monoisotopic (exact) mass is 531 g/mol. The fourth-order valence-electron chi connectivity index (χ4n) is 8.75. The predicted molar refractivity (Wildman–Crippen MR) is 149 cm³/mol. The Hall–Kier alpha value is -1.11. The molecule has 0 aromatic heterocycles. The molecule has 5 rings (SSSR count). The number of hydrogen-bond acceptors (Lipinski definition) is 5. The second kappa shape index (κ2) is 11.0. The van der Waals surface area contributed by atoms with Crippen LogP contribution in [0.25, 0.3) is 0 Å². The molecule has 5 aliphatic rings. The number of fused-ring (bicyclic) bond motifs is 3. The van der Waals surface area contributed by atoms with Crippen LogP contribution in [0.4, 0.5) is 4.79 Å². The Morgan fingerprint density at radius 2 is 1.76 bits per heavy atom. The molecule has 2 heterocycles. The van der Waals surface area contributed by atoms with Gasteiger partial charge in [0, 0.05) is 31.0 Å². The lowest BCUT2D eigenvalue weighted by Gasteiger charge is -2.63. The Morgan fingerprint density at radius 1 is 1.05 bits per heavy atom. The van der Waals surface area contributed by atoms with Gasteiger partial charge >= 0.3 is 6.09 Å². The van der Waals surface area contributed by atoms with Gasteiger partial charge in [-0.1, -0.05) is 38.8 Å². The smallest absolute Gasteiger partial charge is 0.410 e. The van der Waals surface area contributed by atoms with E-state index in [1.54, 1.807) is 0 Å². The quantitative estimate of drug-likeness (QED) is 0.354. The lowest BCUT2D eigenvalue weighted by molar-refractivity contribution is -0.316. The van der Waals surface area contributed by atoms with Crippen molar-refractivity contribution in [2.24, 2.45) is 28.6 Å². The van der Waals surface area contributed by atoms with Crippen LogP contribution < -0.4 is 0 Å². The maximum atomic E-state index is 12.4. The molecule has 5 fully saturated rings. The van der Waals surface area contributed by atoms with E-state index >= 15 is 0 Å². The van der Waals surface area contributed by atoms with Crippen molar-refractivity contribution in [3.8, 4) is 0 Å². The molecule has 1 unspecified atom stereocenters. The normalized spacial score (nSPS) is 39.1. The van der Waals surface area contributed by atoms with Crippen LogP contribution in [0.3, 0.4) is 0 Å². The minimum atomic E-state index is -0.454. The van der Waals surface area contributed by atoms with Gasteiger partial charge in [0.15, 0.2) is 6.29 Å². The molecule has 0 aromatic carbocycles. The minimum Gasteiger partial charge on any atom is -0.444 e. The van der Waals surface area contributed by atoms with Gasteiger partial charge in [0.2, 0.25) is 0 Å². The Labute approximate surface area is 231 Å². The molecule has 6 heteroatoms. The Kier molecular flexibility index (Phi) is 8.26. The number of piperidine rings is 1. The summed E-state index contributed by atoms with van der Waals surface area (Å²) in [6.45, 7) is 18.3. The summed E-state index contributed by atoms with van der Waals surface area (Å²) in [7, 11) is 0. The highest BCUT2D eigenvalue weighted by atomic mass is 16.7. The van der Waals surface area contributed by atoms with Crippen molar-refractivity contribution in [1.82, 2.24) is 4.90 Å². The molecule has 3 aliphatic carbocycles. The average Bonchev–Trinajstić information content (AvgIpc) is 3.39. The van der Waals surface area contributed by atoms with Crippen LogP contribution in [0.1, 0.15) is 105 Å². The first-order valence-corrected chi connectivity index (χ1v) is 15.5. The average molecular weight is 532 g/mol. The highest BCUT2D eigenvalue weighted by molar-refractivity contribution is 5.68. The second-order valence-electron chi connectivity index (χ2n) is 14.5. The zero-order valence-corrected chi connectivity index (χ0v) is 24.8. The number of hydrogen-bond donors (Lipinski definition) is 0. The fourth-order valence-corrected chi connectivity index (χ4v) is 8.75. The SMILES string of the molecule is C=C1CCC2[C@]3(C)CO[C@@H](C4CCCC4)O[C@@H]3CC[C@@]2(C)[C@@H]1CCOC1CCN(C(=O)OC(C)(C)C)CC1. The highest BCUT2D eigenvalue weighted by Gasteiger charge is 2.60. The molecular weight excluding hydrogens is 478 g/mol. The van der Waals surface area contributed by atoms with Gasteiger partial charge in [-0.15, -0.1) is 0 Å². The van der Waals surface area contributed by atoms with Crippen LogP contribution in [0.2, 0.25) is 0 Å². The van der Waals surface area contributed by atoms with Crippen LogP contribution in [0, 0.1) is 28.6 Å². The summed E-state index contributed by atoms with van der Waals surface area (Å²) < 4.78 is 25.2. The molecule has 1 amide bonds. The van der Waals surface area contributed by atoms with Gasteiger partial charge in [-0.05, 0) is 95.8 Å². The zero-order valence-electron chi connectivity index (χ0n) is 24.8. The third kappa shape index (κ3) is 5.69. The van der Waals surface area contributed by atoms with Gasteiger partial charge in [0.1, 0.15) is 5.60 Å². The van der Waals surface area contributed by atoms with E-state index in [0.717, 1.165) is 45.3 Å². The molecule has 2 aliphatic heterocycles. The first kappa shape index (κ1) is 28.4. The third-order valence-corrected chi connectivity index (χ3v) is 10.8. The number of carbonyl (C=O) groups excluding carboxylic acids is 1. The summed E-state index contributed by atoms with van der Waals surface area (Å²) in [6.07, 6.45) is 12.9. The largest absolute Gasteiger partial charge is 0.444 e. The molecule has 0 N–H and O–H groups in total. The van der Waals surface area contributed by atoms with E-state index in [9.17, 15) is 4.79 Å². The maximum absolute atomic E-state index is 12.4. The third-order valence-electron chi connectivity index (χ3n) is 10.8. The highest BCUT2D eigenvalue weighted by Crippen LogP contribution is 2.63. The summed E-state index contributed by atoms with van der Waals surface area (Å²) >= 11 is 0. The maximum Gasteiger partial charge on any atom is 0.410 e. The number of amides is 1. The zero-order chi connectivity index (χ0) is 27.1. The first-order chi connectivity index (χ1) is 18.0. The van der Waals surface area contributed by atoms with Gasteiger partial charge in [-0.25, -0.2) is 4.79 Å². The van der Waals surface area contributed by atoms with Crippen molar-refractivity contribution >= 4 is 6.09 Å². The number of rotatable bonds is 5. The molecule has 3 saturated carbocycles. The molecular formula is C32H53NO5. The number of likely N-dealkylation sites (tertiary alicyclic amines) is 1. The van der Waals surface area contributed by atoms with Crippen LogP contribution in [-0.2, 0) is 18.9 Å². The standard InChI is InChI=1S/C32H53NO5/c1-22-11-12-26-31(5,17-13-27-32(26,6)21-36-28(37-27)23-9-7-8-10-23)25(22)16-20-35-24-14-18-33(19-15-24)29(34)38-30(2,3)4/h23-28H,1,7-21H2,2-6H3/t25-,26?,27-,28-,31+,32+/m1/s1. The molecule has 6 nitrogen and oxygen atoms in total. The number of carbonyl (C=O) groups is 1. The van der Waals surface area contributed by atoms with Crippen molar-refractivity contribution < 1.29 is 23.7 Å². The lowest BCUT2D eigenvalue weighted by Crippen LogP contribution is -2.62. The minimum absolute atomic E-state index is 0.0180. The summed E-state index contributed by atoms with van der Waals surface area (Å²) in [5, 5.41) is 0. The molecule has 38 heavy (non-hydrogen) atoms. The summed E-state index contributed by atoms with van der Waals surface area (Å²) in [4.78, 5) is 14.2. The van der Waals surface area contributed by atoms with Gasteiger partial charge < -0.3 is 23.8 Å². The van der Waals surface area contributed by atoms with Crippen molar-refractivity contribution in [3.05, 3.63) is 12.2 Å². The molecule has 0 radical (unpaired) electrons. The molecule has 0 aromatic rings. The van der Waals surface area contributed by atoms with E-state index in [0.29, 0.717) is 36.9 Å². The van der Waals surface area contributed by atoms with E-state index in [4.69, 9.17) is 18.9 Å². The van der Waals surface area contributed by atoms with Gasteiger partial charge in [-0.2, -0.15) is 0 Å². The number of ether oxygens (including phenoxy) is 4. The van der Waals surface area contributed by atoms with Crippen molar-refractivity contribution in [2.75, 3.05) is 26.3 Å². The predicted octanol–water partition coefficient (Wildman–Crippen LogP) is 7.11. The van der Waals surface area contributed by atoms with Crippen LogP contribution in [0.5, 0.6) is 0 Å².